The SMILES string of the molecule is O=C(NN=Cc1ccc2c(c1)OCO2)c1[nH]c2ccc([N+](=O)[O-])cc2c1-c1ccccc1. The van der Waals surface area contributed by atoms with Crippen LogP contribution < -0.4 is 14.9 Å². The Morgan fingerprint density at radius 2 is 1.88 bits per heavy atom. The first-order chi connectivity index (χ1) is 15.6. The van der Waals surface area contributed by atoms with Gasteiger partial charge in [0.1, 0.15) is 5.69 Å². The molecule has 0 bridgehead atoms. The van der Waals surface area contributed by atoms with Crippen molar-refractivity contribution in [3.63, 3.8) is 0 Å². The van der Waals surface area contributed by atoms with Gasteiger partial charge in [-0.3, -0.25) is 14.9 Å². The molecule has 9 nitrogen and oxygen atoms in total. The van der Waals surface area contributed by atoms with Crippen molar-refractivity contribution in [3.8, 4) is 22.6 Å². The first kappa shape index (κ1) is 19.3. The third-order valence-electron chi connectivity index (χ3n) is 5.06. The van der Waals surface area contributed by atoms with Gasteiger partial charge in [0.05, 0.1) is 11.1 Å². The third kappa shape index (κ3) is 3.52. The molecule has 1 aliphatic heterocycles. The molecule has 0 aliphatic carbocycles. The highest BCUT2D eigenvalue weighted by Gasteiger charge is 2.21. The van der Waals surface area contributed by atoms with E-state index in [2.05, 4.69) is 15.5 Å². The van der Waals surface area contributed by atoms with Crippen LogP contribution in [0.25, 0.3) is 22.0 Å². The first-order valence-electron chi connectivity index (χ1n) is 9.69. The van der Waals surface area contributed by atoms with Gasteiger partial charge in [-0.05, 0) is 35.4 Å². The molecule has 0 saturated carbocycles. The molecule has 2 heterocycles. The number of nitro groups is 1. The zero-order valence-electron chi connectivity index (χ0n) is 16.6. The summed E-state index contributed by atoms with van der Waals surface area (Å²) in [5, 5.41) is 15.9. The van der Waals surface area contributed by atoms with E-state index in [-0.39, 0.29) is 18.2 Å². The molecule has 5 rings (SSSR count). The number of non-ortho nitro benzene ring substituents is 1. The van der Waals surface area contributed by atoms with Gasteiger partial charge in [0.25, 0.3) is 11.6 Å². The van der Waals surface area contributed by atoms with Gasteiger partial charge in [-0.25, -0.2) is 5.43 Å². The Morgan fingerprint density at radius 3 is 2.69 bits per heavy atom. The van der Waals surface area contributed by atoms with Crippen LogP contribution in [-0.2, 0) is 0 Å². The number of carbonyl (C=O) groups is 1. The van der Waals surface area contributed by atoms with E-state index in [0.717, 1.165) is 11.1 Å². The number of aromatic nitrogens is 1. The predicted molar refractivity (Wildman–Crippen MR) is 118 cm³/mol. The molecule has 158 valence electrons. The van der Waals surface area contributed by atoms with Crippen molar-refractivity contribution in [1.29, 1.82) is 0 Å². The van der Waals surface area contributed by atoms with Crippen molar-refractivity contribution in [2.24, 2.45) is 5.10 Å². The maximum atomic E-state index is 13.0. The Bertz CT molecular complexity index is 1380. The number of ether oxygens (including phenoxy) is 2. The Balaban J connectivity index is 1.48. The highest BCUT2D eigenvalue weighted by Crippen LogP contribution is 2.35. The number of nitrogens with zero attached hydrogens (tertiary/aromatic N) is 2. The lowest BCUT2D eigenvalue weighted by molar-refractivity contribution is -0.384. The number of hydrogen-bond acceptors (Lipinski definition) is 6. The molecule has 0 unspecified atom stereocenters. The number of amides is 1. The van der Waals surface area contributed by atoms with Crippen LogP contribution in [0, 0.1) is 10.1 Å². The van der Waals surface area contributed by atoms with Crippen LogP contribution in [0.15, 0.2) is 71.8 Å². The molecule has 0 fully saturated rings. The average molecular weight is 428 g/mol. The van der Waals surface area contributed by atoms with Gasteiger partial charge < -0.3 is 14.5 Å². The molecule has 1 aromatic heterocycles. The summed E-state index contributed by atoms with van der Waals surface area (Å²) in [6.45, 7) is 0.174. The van der Waals surface area contributed by atoms with Gasteiger partial charge in [-0.1, -0.05) is 30.3 Å². The summed E-state index contributed by atoms with van der Waals surface area (Å²) < 4.78 is 10.6. The molecule has 4 aromatic rings. The molecule has 32 heavy (non-hydrogen) atoms. The van der Waals surface area contributed by atoms with E-state index < -0.39 is 10.8 Å². The highest BCUT2D eigenvalue weighted by molar-refractivity contribution is 6.10. The fourth-order valence-corrected chi connectivity index (χ4v) is 3.58. The summed E-state index contributed by atoms with van der Waals surface area (Å²) in [5.41, 5.74) is 5.38. The summed E-state index contributed by atoms with van der Waals surface area (Å²) in [4.78, 5) is 26.8. The van der Waals surface area contributed by atoms with E-state index in [1.54, 1.807) is 24.3 Å². The van der Waals surface area contributed by atoms with Gasteiger partial charge in [-0.15, -0.1) is 0 Å². The largest absolute Gasteiger partial charge is 0.454 e. The molecule has 0 radical (unpaired) electrons. The lowest BCUT2D eigenvalue weighted by Gasteiger charge is -2.04. The number of H-pyrrole nitrogens is 1. The van der Waals surface area contributed by atoms with E-state index in [1.165, 1.54) is 18.3 Å². The van der Waals surface area contributed by atoms with E-state index in [4.69, 9.17) is 9.47 Å². The average Bonchev–Trinajstić information content (AvgIpc) is 3.43. The number of aromatic amines is 1. The van der Waals surface area contributed by atoms with Crippen molar-refractivity contribution >= 4 is 28.7 Å². The zero-order valence-corrected chi connectivity index (χ0v) is 16.6. The second-order valence-electron chi connectivity index (χ2n) is 7.04. The summed E-state index contributed by atoms with van der Waals surface area (Å²) >= 11 is 0. The van der Waals surface area contributed by atoms with Gasteiger partial charge in [0.2, 0.25) is 6.79 Å². The fourth-order valence-electron chi connectivity index (χ4n) is 3.58. The van der Waals surface area contributed by atoms with E-state index in [0.29, 0.717) is 28.0 Å². The topological polar surface area (TPSA) is 119 Å². The van der Waals surface area contributed by atoms with Gasteiger partial charge in [-0.2, -0.15) is 5.10 Å². The van der Waals surface area contributed by atoms with Gasteiger partial charge in [0, 0.05) is 28.6 Å². The summed E-state index contributed by atoms with van der Waals surface area (Å²) in [7, 11) is 0. The van der Waals surface area contributed by atoms with E-state index >= 15 is 0 Å². The molecular formula is C23H16N4O5. The van der Waals surface area contributed by atoms with Crippen LogP contribution in [0.3, 0.4) is 0 Å². The molecule has 2 N–H and O–H groups in total. The number of nitro benzene ring substituents is 1. The molecule has 1 aliphatic rings. The van der Waals surface area contributed by atoms with Crippen LogP contribution in [-0.4, -0.2) is 28.8 Å². The standard InChI is InChI=1S/C23H16N4O5/c28-23(26-24-12-14-6-9-19-20(10-14)32-13-31-19)22-21(15-4-2-1-3-5-15)17-11-16(27(29)30)7-8-18(17)25-22/h1-12,25H,13H2,(H,26,28). The van der Waals surface area contributed by atoms with Crippen LogP contribution >= 0.6 is 0 Å². The predicted octanol–water partition coefficient (Wildman–Crippen LogP) is 4.24. The molecule has 0 spiro atoms. The molecule has 9 heteroatoms. The summed E-state index contributed by atoms with van der Waals surface area (Å²) in [5.74, 6) is 0.800. The smallest absolute Gasteiger partial charge is 0.288 e. The van der Waals surface area contributed by atoms with Crippen molar-refractivity contribution in [3.05, 3.63) is 88.1 Å². The highest BCUT2D eigenvalue weighted by atomic mass is 16.7. The van der Waals surface area contributed by atoms with Gasteiger partial charge >= 0.3 is 0 Å². The van der Waals surface area contributed by atoms with Crippen molar-refractivity contribution in [2.75, 3.05) is 6.79 Å². The number of rotatable bonds is 5. The van der Waals surface area contributed by atoms with Crippen molar-refractivity contribution in [2.45, 2.75) is 0 Å². The number of carbonyl (C=O) groups excluding carboxylic acids is 1. The number of hydrazone groups is 1. The minimum atomic E-state index is -0.473. The number of hydrogen-bond donors (Lipinski definition) is 2. The number of fused-ring (bicyclic) bond motifs is 2. The zero-order chi connectivity index (χ0) is 22.1. The maximum Gasteiger partial charge on any atom is 0.288 e. The quantitative estimate of drug-likeness (QED) is 0.280. The van der Waals surface area contributed by atoms with Crippen molar-refractivity contribution < 1.29 is 19.2 Å². The maximum absolute atomic E-state index is 13.0. The minimum absolute atomic E-state index is 0.0542. The lowest BCUT2D eigenvalue weighted by atomic mass is 10.0. The lowest BCUT2D eigenvalue weighted by Crippen LogP contribution is -2.18. The number of benzene rings is 3. The minimum Gasteiger partial charge on any atom is -0.454 e. The van der Waals surface area contributed by atoms with Crippen LogP contribution in [0.1, 0.15) is 16.1 Å². The second kappa shape index (κ2) is 7.88. The summed E-state index contributed by atoms with van der Waals surface area (Å²) in [6, 6.07) is 19.0. The molecular weight excluding hydrogens is 412 g/mol. The Kier molecular flexibility index (Phi) is 4.75. The van der Waals surface area contributed by atoms with E-state index in [9.17, 15) is 14.9 Å². The van der Waals surface area contributed by atoms with Crippen LogP contribution in [0.2, 0.25) is 0 Å². The fraction of sp³-hybridized carbons (Fsp3) is 0.0435. The Hall–Kier alpha value is -4.66. The third-order valence-corrected chi connectivity index (χ3v) is 5.06. The van der Waals surface area contributed by atoms with Crippen molar-refractivity contribution in [1.82, 2.24) is 10.4 Å². The second-order valence-corrected chi connectivity index (χ2v) is 7.04. The Morgan fingerprint density at radius 1 is 1.06 bits per heavy atom. The molecule has 1 amide bonds. The molecule has 0 saturated heterocycles. The molecule has 0 atom stereocenters. The van der Waals surface area contributed by atoms with Crippen LogP contribution in [0.4, 0.5) is 5.69 Å². The summed E-state index contributed by atoms with van der Waals surface area (Å²) in [6.07, 6.45) is 1.50. The Labute approximate surface area is 181 Å². The first-order valence-corrected chi connectivity index (χ1v) is 9.69. The normalized spacial score (nSPS) is 12.4. The molecule has 3 aromatic carbocycles. The van der Waals surface area contributed by atoms with Crippen LogP contribution in [0.5, 0.6) is 11.5 Å². The monoisotopic (exact) mass is 428 g/mol. The number of nitrogens with one attached hydrogen (secondary N) is 2. The van der Waals surface area contributed by atoms with E-state index in [1.807, 2.05) is 30.3 Å². The van der Waals surface area contributed by atoms with Gasteiger partial charge in [0.15, 0.2) is 11.5 Å².